The molecule has 1 atom stereocenters. The largest absolute Gasteiger partial charge is 0.389 e. The SMILES string of the molecule is CC(O)(CN)CCCN1CCN(S(C)(=O)=O)CC1. The van der Waals surface area contributed by atoms with E-state index >= 15 is 0 Å². The van der Waals surface area contributed by atoms with Crippen molar-refractivity contribution < 1.29 is 13.5 Å². The first-order chi connectivity index (χ1) is 8.24. The summed E-state index contributed by atoms with van der Waals surface area (Å²) in [6, 6.07) is 0. The zero-order chi connectivity index (χ0) is 13.8. The highest BCUT2D eigenvalue weighted by Crippen LogP contribution is 2.12. The van der Waals surface area contributed by atoms with Gasteiger partial charge in [0.15, 0.2) is 0 Å². The molecule has 18 heavy (non-hydrogen) atoms. The molecule has 0 bridgehead atoms. The van der Waals surface area contributed by atoms with Crippen LogP contribution in [-0.4, -0.2) is 73.9 Å². The van der Waals surface area contributed by atoms with Crippen LogP contribution < -0.4 is 5.73 Å². The normalized spacial score (nSPS) is 22.9. The Bertz CT molecular complexity index is 349. The van der Waals surface area contributed by atoms with Gasteiger partial charge in [0, 0.05) is 32.7 Å². The lowest BCUT2D eigenvalue weighted by atomic mass is 10.0. The van der Waals surface area contributed by atoms with Gasteiger partial charge in [0.05, 0.1) is 11.9 Å². The van der Waals surface area contributed by atoms with Gasteiger partial charge in [-0.3, -0.25) is 0 Å². The van der Waals surface area contributed by atoms with E-state index in [1.165, 1.54) is 10.6 Å². The van der Waals surface area contributed by atoms with Gasteiger partial charge in [0.1, 0.15) is 0 Å². The van der Waals surface area contributed by atoms with Crippen LogP contribution in [0.3, 0.4) is 0 Å². The molecule has 0 spiro atoms. The minimum atomic E-state index is -3.05. The van der Waals surface area contributed by atoms with Gasteiger partial charge in [0.2, 0.25) is 10.0 Å². The van der Waals surface area contributed by atoms with Crippen LogP contribution in [0.5, 0.6) is 0 Å². The van der Waals surface area contributed by atoms with E-state index in [0.29, 0.717) is 19.5 Å². The van der Waals surface area contributed by atoms with Crippen LogP contribution in [0, 0.1) is 0 Å². The van der Waals surface area contributed by atoms with Crippen LogP contribution in [0.1, 0.15) is 19.8 Å². The van der Waals surface area contributed by atoms with Crippen molar-refractivity contribution >= 4 is 10.0 Å². The van der Waals surface area contributed by atoms with Crippen LogP contribution >= 0.6 is 0 Å². The molecule has 7 heteroatoms. The molecule has 0 radical (unpaired) electrons. The van der Waals surface area contributed by atoms with E-state index in [1.807, 2.05) is 0 Å². The predicted octanol–water partition coefficient (Wildman–Crippen LogP) is -0.946. The van der Waals surface area contributed by atoms with E-state index in [2.05, 4.69) is 4.90 Å². The van der Waals surface area contributed by atoms with Gasteiger partial charge in [-0.15, -0.1) is 0 Å². The third-order valence-electron chi connectivity index (χ3n) is 3.43. The van der Waals surface area contributed by atoms with Crippen LogP contribution in [0.4, 0.5) is 0 Å². The maximum Gasteiger partial charge on any atom is 0.211 e. The Hall–Kier alpha value is -0.210. The minimum absolute atomic E-state index is 0.273. The van der Waals surface area contributed by atoms with E-state index < -0.39 is 15.6 Å². The number of piperazine rings is 1. The number of aliphatic hydroxyl groups is 1. The molecule has 108 valence electrons. The Morgan fingerprint density at radius 2 is 1.83 bits per heavy atom. The van der Waals surface area contributed by atoms with Gasteiger partial charge >= 0.3 is 0 Å². The molecule has 1 heterocycles. The molecule has 1 saturated heterocycles. The average Bonchev–Trinajstić information content (AvgIpc) is 2.28. The summed E-state index contributed by atoms with van der Waals surface area (Å²) in [5.41, 5.74) is 4.67. The lowest BCUT2D eigenvalue weighted by Crippen LogP contribution is -2.48. The lowest BCUT2D eigenvalue weighted by Gasteiger charge is -2.33. The number of hydrogen-bond donors (Lipinski definition) is 2. The van der Waals surface area contributed by atoms with Crippen molar-refractivity contribution in [2.75, 3.05) is 45.5 Å². The van der Waals surface area contributed by atoms with Gasteiger partial charge in [-0.05, 0) is 26.3 Å². The summed E-state index contributed by atoms with van der Waals surface area (Å²) in [6.07, 6.45) is 2.81. The molecule has 0 amide bonds. The van der Waals surface area contributed by atoms with E-state index in [9.17, 15) is 13.5 Å². The minimum Gasteiger partial charge on any atom is -0.389 e. The van der Waals surface area contributed by atoms with Crippen LogP contribution in [0.2, 0.25) is 0 Å². The Balaban J connectivity index is 2.24. The summed E-state index contributed by atoms with van der Waals surface area (Å²) in [7, 11) is -3.05. The van der Waals surface area contributed by atoms with Gasteiger partial charge in [0.25, 0.3) is 0 Å². The van der Waals surface area contributed by atoms with Crippen LogP contribution in [-0.2, 0) is 10.0 Å². The predicted molar refractivity (Wildman–Crippen MR) is 71.8 cm³/mol. The topological polar surface area (TPSA) is 86.9 Å². The maximum atomic E-state index is 11.3. The van der Waals surface area contributed by atoms with Crippen molar-refractivity contribution in [1.29, 1.82) is 0 Å². The van der Waals surface area contributed by atoms with E-state index in [0.717, 1.165) is 26.1 Å². The van der Waals surface area contributed by atoms with Gasteiger partial charge < -0.3 is 15.7 Å². The fraction of sp³-hybridized carbons (Fsp3) is 1.00. The summed E-state index contributed by atoms with van der Waals surface area (Å²) in [4.78, 5) is 2.23. The van der Waals surface area contributed by atoms with Crippen molar-refractivity contribution in [2.45, 2.75) is 25.4 Å². The van der Waals surface area contributed by atoms with Crippen molar-refractivity contribution in [2.24, 2.45) is 5.73 Å². The van der Waals surface area contributed by atoms with Gasteiger partial charge in [-0.25, -0.2) is 8.42 Å². The first-order valence-electron chi connectivity index (χ1n) is 6.34. The number of nitrogens with zero attached hydrogens (tertiary/aromatic N) is 2. The van der Waals surface area contributed by atoms with Gasteiger partial charge in [-0.2, -0.15) is 4.31 Å². The molecule has 1 fully saturated rings. The van der Waals surface area contributed by atoms with Crippen molar-refractivity contribution in [3.8, 4) is 0 Å². The second-order valence-corrected chi connectivity index (χ2v) is 7.29. The molecule has 1 aliphatic rings. The van der Waals surface area contributed by atoms with E-state index in [1.54, 1.807) is 6.92 Å². The highest BCUT2D eigenvalue weighted by atomic mass is 32.2. The molecule has 0 saturated carbocycles. The fourth-order valence-corrected chi connectivity index (χ4v) is 2.90. The van der Waals surface area contributed by atoms with Crippen LogP contribution in [0.15, 0.2) is 0 Å². The quantitative estimate of drug-likeness (QED) is 0.655. The first kappa shape index (κ1) is 15.8. The maximum absolute atomic E-state index is 11.3. The number of rotatable bonds is 6. The van der Waals surface area contributed by atoms with E-state index in [4.69, 9.17) is 5.73 Å². The second-order valence-electron chi connectivity index (χ2n) is 5.31. The number of hydrogen-bond acceptors (Lipinski definition) is 5. The molecule has 1 unspecified atom stereocenters. The Morgan fingerprint density at radius 3 is 2.28 bits per heavy atom. The van der Waals surface area contributed by atoms with Crippen molar-refractivity contribution in [3.05, 3.63) is 0 Å². The number of nitrogens with two attached hydrogens (primary N) is 1. The fourth-order valence-electron chi connectivity index (χ4n) is 2.07. The summed E-state index contributed by atoms with van der Waals surface area (Å²) < 4.78 is 24.2. The monoisotopic (exact) mass is 279 g/mol. The molecule has 0 aromatic heterocycles. The van der Waals surface area contributed by atoms with Crippen molar-refractivity contribution in [3.63, 3.8) is 0 Å². The highest BCUT2D eigenvalue weighted by molar-refractivity contribution is 7.88. The Labute approximate surface area is 110 Å². The molecule has 0 aromatic rings. The molecule has 3 N–H and O–H groups in total. The lowest BCUT2D eigenvalue weighted by molar-refractivity contribution is 0.0530. The highest BCUT2D eigenvalue weighted by Gasteiger charge is 2.24. The number of sulfonamides is 1. The third-order valence-corrected chi connectivity index (χ3v) is 4.73. The Morgan fingerprint density at radius 1 is 1.28 bits per heavy atom. The molecular formula is C11H25N3O3S. The summed E-state index contributed by atoms with van der Waals surface area (Å²) in [5, 5.41) is 9.77. The molecule has 1 rings (SSSR count). The first-order valence-corrected chi connectivity index (χ1v) is 8.19. The second kappa shape index (κ2) is 6.29. The summed E-state index contributed by atoms with van der Waals surface area (Å²) >= 11 is 0. The molecular weight excluding hydrogens is 254 g/mol. The molecule has 6 nitrogen and oxygen atoms in total. The summed E-state index contributed by atoms with van der Waals surface area (Å²) in [5.74, 6) is 0. The third kappa shape index (κ3) is 5.19. The van der Waals surface area contributed by atoms with Crippen molar-refractivity contribution in [1.82, 2.24) is 9.21 Å². The summed E-state index contributed by atoms with van der Waals surface area (Å²) in [6.45, 7) is 5.55. The smallest absolute Gasteiger partial charge is 0.211 e. The molecule has 0 aliphatic carbocycles. The molecule has 1 aliphatic heterocycles. The zero-order valence-corrected chi connectivity index (χ0v) is 12.1. The van der Waals surface area contributed by atoms with Crippen LogP contribution in [0.25, 0.3) is 0 Å². The average molecular weight is 279 g/mol. The van der Waals surface area contributed by atoms with E-state index in [-0.39, 0.29) is 6.54 Å². The Kier molecular flexibility index (Phi) is 5.54. The standard InChI is InChI=1S/C11H25N3O3S/c1-11(15,10-12)4-3-5-13-6-8-14(9-7-13)18(2,16)17/h15H,3-10,12H2,1-2H3. The molecule has 0 aromatic carbocycles. The zero-order valence-electron chi connectivity index (χ0n) is 11.3. The van der Waals surface area contributed by atoms with Gasteiger partial charge in [-0.1, -0.05) is 0 Å².